The van der Waals surface area contributed by atoms with Gasteiger partial charge in [0.1, 0.15) is 11.1 Å². The summed E-state index contributed by atoms with van der Waals surface area (Å²) in [5.41, 5.74) is 7.33. The predicted octanol–water partition coefficient (Wildman–Crippen LogP) is 3.65. The maximum atomic E-state index is 12.4. The van der Waals surface area contributed by atoms with Gasteiger partial charge in [0.05, 0.1) is 0 Å². The van der Waals surface area contributed by atoms with Crippen molar-refractivity contribution < 1.29 is 22.7 Å². The van der Waals surface area contributed by atoms with Gasteiger partial charge < -0.3 is 19.8 Å². The molecule has 2 N–H and O–H groups in total. The Balaban J connectivity index is 1.93. The first kappa shape index (κ1) is 22.1. The van der Waals surface area contributed by atoms with Crippen molar-refractivity contribution in [2.45, 2.75) is 32.4 Å². The third kappa shape index (κ3) is 7.05. The van der Waals surface area contributed by atoms with Crippen LogP contribution in [0, 0.1) is 0 Å². The molecule has 1 heterocycles. The van der Waals surface area contributed by atoms with Gasteiger partial charge in [0.2, 0.25) is 0 Å². The fraction of sp³-hybridized carbons (Fsp3) is 0.444. The molecule has 0 saturated heterocycles. The minimum Gasteiger partial charge on any atom is -0.422 e. The minimum atomic E-state index is -2.75. The van der Waals surface area contributed by atoms with E-state index in [-0.39, 0.29) is 22.9 Å². The summed E-state index contributed by atoms with van der Waals surface area (Å²) in [7, 11) is 0. The maximum Gasteiger partial charge on any atom is 0.349 e. The van der Waals surface area contributed by atoms with E-state index in [2.05, 4.69) is 15.3 Å². The summed E-state index contributed by atoms with van der Waals surface area (Å²) in [6.45, 7) is 0.216. The molecule has 1 aromatic carbocycles. The van der Waals surface area contributed by atoms with Crippen LogP contribution in [-0.4, -0.2) is 38.3 Å². The molecule has 0 spiro atoms. The van der Waals surface area contributed by atoms with Crippen molar-refractivity contribution in [3.63, 3.8) is 0 Å². The Morgan fingerprint density at radius 3 is 2.86 bits per heavy atom. The Kier molecular flexibility index (Phi) is 8.38. The van der Waals surface area contributed by atoms with Gasteiger partial charge in [-0.25, -0.2) is 4.79 Å². The van der Waals surface area contributed by atoms with Gasteiger partial charge >= 0.3 is 12.2 Å². The standard InChI is InChI=1S/C18H21F2N5O4/c1-11(5-8-28-7-2-6-22-25-21)23-16(26)14-9-12-3-4-13(24-18(19)20)10-15(12)29-17(14)27/h3-4,9-11,18,24H,2,5-8H2,1H3,(H,23,26). The van der Waals surface area contributed by atoms with Crippen LogP contribution in [0.3, 0.4) is 0 Å². The van der Waals surface area contributed by atoms with Crippen LogP contribution in [0.1, 0.15) is 30.1 Å². The molecule has 2 rings (SSSR count). The molecule has 0 aliphatic heterocycles. The quantitative estimate of drug-likeness (QED) is 0.146. The van der Waals surface area contributed by atoms with E-state index in [1.807, 2.05) is 5.32 Å². The number of amides is 1. The van der Waals surface area contributed by atoms with Gasteiger partial charge in [-0.3, -0.25) is 4.79 Å². The van der Waals surface area contributed by atoms with Gasteiger partial charge in [0.25, 0.3) is 5.91 Å². The molecule has 1 unspecified atom stereocenters. The van der Waals surface area contributed by atoms with E-state index in [9.17, 15) is 18.4 Å². The van der Waals surface area contributed by atoms with Gasteiger partial charge in [-0.05, 0) is 43.5 Å². The molecular weight excluding hydrogens is 388 g/mol. The van der Waals surface area contributed by atoms with E-state index >= 15 is 0 Å². The highest BCUT2D eigenvalue weighted by molar-refractivity contribution is 5.97. The molecule has 0 bridgehead atoms. The highest BCUT2D eigenvalue weighted by Gasteiger charge is 2.16. The number of benzene rings is 1. The summed E-state index contributed by atoms with van der Waals surface area (Å²) in [4.78, 5) is 27.1. The number of azide groups is 1. The monoisotopic (exact) mass is 409 g/mol. The van der Waals surface area contributed by atoms with E-state index in [0.29, 0.717) is 38.0 Å². The van der Waals surface area contributed by atoms with E-state index in [1.165, 1.54) is 24.3 Å². The van der Waals surface area contributed by atoms with Crippen LogP contribution in [-0.2, 0) is 4.74 Å². The number of rotatable bonds is 11. The summed E-state index contributed by atoms with van der Waals surface area (Å²) < 4.78 is 35.3. The number of nitrogens with zero attached hydrogens (tertiary/aromatic N) is 3. The highest BCUT2D eigenvalue weighted by atomic mass is 19.3. The molecule has 2 aromatic rings. The number of fused-ring (bicyclic) bond motifs is 1. The zero-order valence-electron chi connectivity index (χ0n) is 15.7. The van der Waals surface area contributed by atoms with Crippen LogP contribution in [0.4, 0.5) is 14.5 Å². The number of ether oxygens (including phenoxy) is 1. The molecule has 0 aliphatic carbocycles. The van der Waals surface area contributed by atoms with Crippen LogP contribution in [0.15, 0.2) is 38.6 Å². The first-order chi connectivity index (χ1) is 13.9. The Bertz CT molecular complexity index is 943. The average Bonchev–Trinajstić information content (AvgIpc) is 2.66. The third-order valence-electron chi connectivity index (χ3n) is 3.94. The van der Waals surface area contributed by atoms with Crippen molar-refractivity contribution in [2.24, 2.45) is 5.11 Å². The zero-order chi connectivity index (χ0) is 21.2. The van der Waals surface area contributed by atoms with Crippen LogP contribution >= 0.6 is 0 Å². The van der Waals surface area contributed by atoms with Gasteiger partial charge in [-0.2, -0.15) is 8.78 Å². The summed E-state index contributed by atoms with van der Waals surface area (Å²) in [6.07, 6.45) is 1.13. The van der Waals surface area contributed by atoms with Gasteiger partial charge in [0, 0.05) is 47.9 Å². The molecule has 0 aliphatic rings. The average molecular weight is 409 g/mol. The summed E-state index contributed by atoms with van der Waals surface area (Å²) in [6, 6.07) is 5.26. The summed E-state index contributed by atoms with van der Waals surface area (Å²) in [5.74, 6) is -0.591. The molecule has 0 saturated carbocycles. The van der Waals surface area contributed by atoms with Crippen molar-refractivity contribution in [2.75, 3.05) is 25.1 Å². The largest absolute Gasteiger partial charge is 0.422 e. The number of hydrogen-bond donors (Lipinski definition) is 2. The number of anilines is 1. The minimum absolute atomic E-state index is 0.0966. The lowest BCUT2D eigenvalue weighted by Gasteiger charge is -2.14. The Hall–Kier alpha value is -3.17. The number of carbonyl (C=O) groups is 1. The number of nitrogens with one attached hydrogen (secondary N) is 2. The Labute approximate surface area is 164 Å². The molecule has 1 atom stereocenters. The Morgan fingerprint density at radius 2 is 2.14 bits per heavy atom. The van der Waals surface area contributed by atoms with Crippen molar-refractivity contribution in [3.05, 3.63) is 50.7 Å². The predicted molar refractivity (Wildman–Crippen MR) is 103 cm³/mol. The molecular formula is C18H21F2N5O4. The lowest BCUT2D eigenvalue weighted by molar-refractivity contribution is 0.0911. The molecule has 0 radical (unpaired) electrons. The second-order valence-electron chi connectivity index (χ2n) is 6.23. The van der Waals surface area contributed by atoms with Gasteiger partial charge in [-0.1, -0.05) is 5.11 Å². The smallest absolute Gasteiger partial charge is 0.349 e. The first-order valence-corrected chi connectivity index (χ1v) is 8.92. The number of carbonyl (C=O) groups excluding carboxylic acids is 1. The number of halogens is 2. The number of hydrogen-bond acceptors (Lipinski definition) is 6. The first-order valence-electron chi connectivity index (χ1n) is 8.92. The van der Waals surface area contributed by atoms with Gasteiger partial charge in [-0.15, -0.1) is 0 Å². The van der Waals surface area contributed by atoms with Crippen molar-refractivity contribution >= 4 is 22.6 Å². The van der Waals surface area contributed by atoms with E-state index in [1.54, 1.807) is 6.92 Å². The molecule has 156 valence electrons. The third-order valence-corrected chi connectivity index (χ3v) is 3.94. The number of alkyl halides is 2. The molecule has 9 nitrogen and oxygen atoms in total. The second kappa shape index (κ2) is 11.0. The van der Waals surface area contributed by atoms with Crippen molar-refractivity contribution in [1.29, 1.82) is 0 Å². The topological polar surface area (TPSA) is 129 Å². The normalized spacial score (nSPS) is 11.9. The van der Waals surface area contributed by atoms with Crippen LogP contribution in [0.25, 0.3) is 21.4 Å². The molecule has 11 heteroatoms. The van der Waals surface area contributed by atoms with E-state index in [4.69, 9.17) is 14.7 Å². The summed E-state index contributed by atoms with van der Waals surface area (Å²) in [5, 5.41) is 8.43. The maximum absolute atomic E-state index is 12.4. The van der Waals surface area contributed by atoms with Crippen molar-refractivity contribution in [3.8, 4) is 0 Å². The van der Waals surface area contributed by atoms with E-state index < -0.39 is 18.1 Å². The zero-order valence-corrected chi connectivity index (χ0v) is 15.7. The molecule has 29 heavy (non-hydrogen) atoms. The fourth-order valence-electron chi connectivity index (χ4n) is 2.50. The summed E-state index contributed by atoms with van der Waals surface area (Å²) >= 11 is 0. The van der Waals surface area contributed by atoms with Crippen LogP contribution < -0.4 is 16.3 Å². The lowest BCUT2D eigenvalue weighted by Crippen LogP contribution is -2.36. The van der Waals surface area contributed by atoms with Gasteiger partial charge in [0.15, 0.2) is 0 Å². The molecule has 1 amide bonds. The fourth-order valence-corrected chi connectivity index (χ4v) is 2.50. The SMILES string of the molecule is CC(CCOCCCN=[N+]=[N-])NC(=O)c1cc2ccc(NC(F)F)cc2oc1=O. The second-order valence-corrected chi connectivity index (χ2v) is 6.23. The van der Waals surface area contributed by atoms with Crippen LogP contribution in [0.2, 0.25) is 0 Å². The molecule has 0 fully saturated rings. The highest BCUT2D eigenvalue weighted by Crippen LogP contribution is 2.20. The Morgan fingerprint density at radius 1 is 1.34 bits per heavy atom. The lowest BCUT2D eigenvalue weighted by atomic mass is 10.1. The van der Waals surface area contributed by atoms with Crippen LogP contribution in [0.5, 0.6) is 0 Å². The molecule has 1 aromatic heterocycles. The van der Waals surface area contributed by atoms with Crippen molar-refractivity contribution in [1.82, 2.24) is 5.32 Å². The van der Waals surface area contributed by atoms with E-state index in [0.717, 1.165) is 0 Å².